The summed E-state index contributed by atoms with van der Waals surface area (Å²) in [6.07, 6.45) is 3.36. The predicted octanol–water partition coefficient (Wildman–Crippen LogP) is 4.52. The fourth-order valence-electron chi connectivity index (χ4n) is 2.90. The Hall–Kier alpha value is -2.07. The minimum Gasteiger partial charge on any atom is -0.445 e. The maximum absolute atomic E-state index is 12.4. The molecule has 4 nitrogen and oxygen atoms in total. The Morgan fingerprint density at radius 2 is 2.17 bits per heavy atom. The number of pyridine rings is 1. The molecule has 0 spiro atoms. The number of halogens is 1. The van der Waals surface area contributed by atoms with Gasteiger partial charge in [-0.2, -0.15) is 0 Å². The fourth-order valence-corrected chi connectivity index (χ4v) is 3.00. The van der Waals surface area contributed by atoms with Crippen molar-refractivity contribution in [3.8, 4) is 0 Å². The number of amides is 1. The minimum atomic E-state index is -0.274. The first kappa shape index (κ1) is 15.8. The Kier molecular flexibility index (Phi) is 4.82. The average Bonchev–Trinajstić information content (AvgIpc) is 3.06. The number of ether oxygens (including phenoxy) is 1. The van der Waals surface area contributed by atoms with Crippen LogP contribution in [0.3, 0.4) is 0 Å². The van der Waals surface area contributed by atoms with Crippen molar-refractivity contribution < 1.29 is 9.53 Å². The summed E-state index contributed by atoms with van der Waals surface area (Å²) in [5.41, 5.74) is 2.93. The molecule has 0 unspecified atom stereocenters. The van der Waals surface area contributed by atoms with Crippen molar-refractivity contribution in [1.29, 1.82) is 0 Å². The highest BCUT2D eigenvalue weighted by Gasteiger charge is 2.31. The van der Waals surface area contributed by atoms with Crippen molar-refractivity contribution in [1.82, 2.24) is 9.88 Å². The van der Waals surface area contributed by atoms with Crippen molar-refractivity contribution in [2.24, 2.45) is 0 Å². The first-order valence-electron chi connectivity index (χ1n) is 7.74. The topological polar surface area (TPSA) is 42.4 Å². The lowest BCUT2D eigenvalue weighted by Crippen LogP contribution is -2.31. The van der Waals surface area contributed by atoms with Crippen LogP contribution in [0.1, 0.15) is 35.6 Å². The van der Waals surface area contributed by atoms with E-state index in [9.17, 15) is 4.79 Å². The van der Waals surface area contributed by atoms with Crippen LogP contribution in [0, 0.1) is 6.92 Å². The van der Waals surface area contributed by atoms with Gasteiger partial charge in [-0.15, -0.1) is 0 Å². The molecular formula is C18H19ClN2O2. The van der Waals surface area contributed by atoms with Gasteiger partial charge in [0.2, 0.25) is 0 Å². The highest BCUT2D eigenvalue weighted by atomic mass is 35.5. The zero-order valence-electron chi connectivity index (χ0n) is 13.0. The lowest BCUT2D eigenvalue weighted by atomic mass is 10.1. The van der Waals surface area contributed by atoms with Crippen LogP contribution in [0.2, 0.25) is 5.15 Å². The molecule has 0 N–H and O–H groups in total. The van der Waals surface area contributed by atoms with Crippen molar-refractivity contribution in [2.75, 3.05) is 6.54 Å². The first-order valence-corrected chi connectivity index (χ1v) is 8.12. The van der Waals surface area contributed by atoms with E-state index in [4.69, 9.17) is 16.3 Å². The van der Waals surface area contributed by atoms with Crippen molar-refractivity contribution in [3.63, 3.8) is 0 Å². The summed E-state index contributed by atoms with van der Waals surface area (Å²) in [4.78, 5) is 18.4. The molecule has 1 aliphatic heterocycles. The second kappa shape index (κ2) is 7.01. The Labute approximate surface area is 141 Å². The second-order valence-electron chi connectivity index (χ2n) is 5.77. The third-order valence-corrected chi connectivity index (χ3v) is 4.51. The van der Waals surface area contributed by atoms with E-state index in [1.165, 1.54) is 0 Å². The molecule has 0 saturated carbocycles. The summed E-state index contributed by atoms with van der Waals surface area (Å²) < 4.78 is 5.46. The third-order valence-electron chi connectivity index (χ3n) is 4.11. The molecule has 2 heterocycles. The number of benzene rings is 1. The molecule has 1 aromatic carbocycles. The molecule has 0 bridgehead atoms. The minimum absolute atomic E-state index is 0.0155. The van der Waals surface area contributed by atoms with Crippen LogP contribution in [0.4, 0.5) is 4.79 Å². The summed E-state index contributed by atoms with van der Waals surface area (Å²) >= 11 is 5.99. The van der Waals surface area contributed by atoms with E-state index in [1.54, 1.807) is 11.1 Å². The molecule has 1 atom stereocenters. The molecule has 1 fully saturated rings. The maximum Gasteiger partial charge on any atom is 0.410 e. The normalized spacial score (nSPS) is 17.3. The van der Waals surface area contributed by atoms with E-state index in [0.29, 0.717) is 18.3 Å². The molecule has 23 heavy (non-hydrogen) atoms. The number of hydrogen-bond acceptors (Lipinski definition) is 3. The average molecular weight is 331 g/mol. The molecule has 1 amide bonds. The van der Waals surface area contributed by atoms with E-state index in [2.05, 4.69) is 4.98 Å². The molecule has 120 valence electrons. The van der Waals surface area contributed by atoms with Crippen molar-refractivity contribution >= 4 is 17.7 Å². The lowest BCUT2D eigenvalue weighted by Gasteiger charge is -2.24. The molecule has 0 aliphatic carbocycles. The number of aryl methyl sites for hydroxylation is 1. The molecule has 1 aliphatic rings. The van der Waals surface area contributed by atoms with E-state index >= 15 is 0 Å². The summed E-state index contributed by atoms with van der Waals surface area (Å²) in [6.45, 7) is 2.92. The van der Waals surface area contributed by atoms with Gasteiger partial charge in [0.1, 0.15) is 11.8 Å². The summed E-state index contributed by atoms with van der Waals surface area (Å²) in [7, 11) is 0. The number of rotatable bonds is 3. The summed E-state index contributed by atoms with van der Waals surface area (Å²) in [5.74, 6) is 0. The number of hydrogen-bond donors (Lipinski definition) is 0. The second-order valence-corrected chi connectivity index (χ2v) is 6.13. The Bertz CT molecular complexity index is 691. The highest BCUT2D eigenvalue weighted by Crippen LogP contribution is 2.33. The van der Waals surface area contributed by atoms with Crippen LogP contribution in [-0.2, 0) is 11.3 Å². The van der Waals surface area contributed by atoms with Crippen LogP contribution in [0.25, 0.3) is 0 Å². The van der Waals surface area contributed by atoms with Gasteiger partial charge in [-0.3, -0.25) is 0 Å². The monoisotopic (exact) mass is 330 g/mol. The first-order chi connectivity index (χ1) is 11.1. The van der Waals surface area contributed by atoms with Gasteiger partial charge in [-0.05, 0) is 42.5 Å². The van der Waals surface area contributed by atoms with Crippen molar-refractivity contribution in [2.45, 2.75) is 32.4 Å². The number of nitrogens with zero attached hydrogens (tertiary/aromatic N) is 2. The molecule has 3 rings (SSSR count). The van der Waals surface area contributed by atoms with Gasteiger partial charge in [-0.25, -0.2) is 9.78 Å². The van der Waals surface area contributed by atoms with Crippen LogP contribution >= 0.6 is 11.6 Å². The van der Waals surface area contributed by atoms with Gasteiger partial charge >= 0.3 is 6.09 Å². The van der Waals surface area contributed by atoms with E-state index in [1.807, 2.05) is 43.3 Å². The summed E-state index contributed by atoms with van der Waals surface area (Å²) in [5, 5.41) is 0.505. The quantitative estimate of drug-likeness (QED) is 0.777. The van der Waals surface area contributed by atoms with E-state index < -0.39 is 0 Å². The lowest BCUT2D eigenvalue weighted by molar-refractivity contribution is 0.0920. The predicted molar refractivity (Wildman–Crippen MR) is 89.3 cm³/mol. The van der Waals surface area contributed by atoms with Gasteiger partial charge in [0.25, 0.3) is 0 Å². The maximum atomic E-state index is 12.4. The van der Waals surface area contributed by atoms with Gasteiger partial charge in [-0.1, -0.05) is 41.9 Å². The van der Waals surface area contributed by atoms with E-state index in [0.717, 1.165) is 29.5 Å². The smallest absolute Gasteiger partial charge is 0.410 e. The molecule has 1 saturated heterocycles. The SMILES string of the molecule is Cc1cc([C@H]2CCCN2C(=O)OCc2ccccc2)cnc1Cl. The Morgan fingerprint density at radius 1 is 1.39 bits per heavy atom. The van der Waals surface area contributed by atoms with Crippen LogP contribution < -0.4 is 0 Å². The fraction of sp³-hybridized carbons (Fsp3) is 0.333. The number of likely N-dealkylation sites (tertiary alicyclic amines) is 1. The number of carbonyl (C=O) groups is 1. The summed E-state index contributed by atoms with van der Waals surface area (Å²) in [6, 6.07) is 11.7. The van der Waals surface area contributed by atoms with Crippen LogP contribution in [-0.4, -0.2) is 22.5 Å². The molecule has 2 aromatic rings. The van der Waals surface area contributed by atoms with Gasteiger partial charge < -0.3 is 9.64 Å². The Balaban J connectivity index is 1.68. The highest BCUT2D eigenvalue weighted by molar-refractivity contribution is 6.30. The Morgan fingerprint density at radius 3 is 2.91 bits per heavy atom. The van der Waals surface area contributed by atoms with Gasteiger partial charge in [0.05, 0.1) is 6.04 Å². The molecule has 1 aromatic heterocycles. The van der Waals surface area contributed by atoms with Gasteiger partial charge in [0, 0.05) is 12.7 Å². The number of aromatic nitrogens is 1. The molecule has 5 heteroatoms. The molecule has 0 radical (unpaired) electrons. The third kappa shape index (κ3) is 3.64. The largest absolute Gasteiger partial charge is 0.445 e. The van der Waals surface area contributed by atoms with Gasteiger partial charge in [0.15, 0.2) is 0 Å². The van der Waals surface area contributed by atoms with E-state index in [-0.39, 0.29) is 12.1 Å². The van der Waals surface area contributed by atoms with Crippen molar-refractivity contribution in [3.05, 3.63) is 64.4 Å². The standard InChI is InChI=1S/C18H19ClN2O2/c1-13-10-15(11-20-17(13)19)16-8-5-9-21(16)18(22)23-12-14-6-3-2-4-7-14/h2-4,6-7,10-11,16H,5,8-9,12H2,1H3/t16-/m1/s1. The zero-order chi connectivity index (χ0) is 16.2. The number of carbonyl (C=O) groups excluding carboxylic acids is 1. The zero-order valence-corrected chi connectivity index (χ0v) is 13.8. The van der Waals surface area contributed by atoms with Crippen LogP contribution in [0.5, 0.6) is 0 Å². The molecular weight excluding hydrogens is 312 g/mol. The van der Waals surface area contributed by atoms with Crippen LogP contribution in [0.15, 0.2) is 42.6 Å².